The minimum Gasteiger partial charge on any atom is -0.352 e. The number of aliphatic imine (C=N–C) groups is 1. The predicted molar refractivity (Wildman–Crippen MR) is 102 cm³/mol. The zero-order valence-electron chi connectivity index (χ0n) is 14.9. The molecule has 1 heterocycles. The molecule has 0 saturated carbocycles. The van der Waals surface area contributed by atoms with E-state index in [0.717, 1.165) is 5.56 Å². The standard InChI is InChI=1S/C20H22FN5/c1-15-5-3-4-6-17(15)13-25-20(22-2)24-12-16-7-8-19(18(21)11-16)26-10-9-23-14-26/h3-11,14H,12-13H2,1-2H3,(H2,22,24,25). The summed E-state index contributed by atoms with van der Waals surface area (Å²) in [7, 11) is 1.72. The van der Waals surface area contributed by atoms with Crippen LogP contribution in [0.1, 0.15) is 16.7 Å². The van der Waals surface area contributed by atoms with Crippen LogP contribution in [0.25, 0.3) is 5.69 Å². The van der Waals surface area contributed by atoms with Crippen LogP contribution in [-0.2, 0) is 13.1 Å². The monoisotopic (exact) mass is 351 g/mol. The Labute approximate surface area is 152 Å². The molecular formula is C20H22FN5. The lowest BCUT2D eigenvalue weighted by Crippen LogP contribution is -2.36. The van der Waals surface area contributed by atoms with Gasteiger partial charge in [-0.25, -0.2) is 9.37 Å². The van der Waals surface area contributed by atoms with Gasteiger partial charge in [-0.15, -0.1) is 0 Å². The summed E-state index contributed by atoms with van der Waals surface area (Å²) in [5.74, 6) is 0.387. The van der Waals surface area contributed by atoms with Gasteiger partial charge >= 0.3 is 0 Å². The van der Waals surface area contributed by atoms with Crippen LogP contribution in [0.15, 0.2) is 66.2 Å². The number of aryl methyl sites for hydroxylation is 1. The zero-order valence-corrected chi connectivity index (χ0v) is 14.9. The summed E-state index contributed by atoms with van der Waals surface area (Å²) in [6.45, 7) is 3.24. The van der Waals surface area contributed by atoms with Crippen molar-refractivity contribution in [3.8, 4) is 5.69 Å². The fraction of sp³-hybridized carbons (Fsp3) is 0.200. The molecule has 5 nitrogen and oxygen atoms in total. The molecule has 0 amide bonds. The van der Waals surface area contributed by atoms with E-state index in [2.05, 4.69) is 39.7 Å². The molecule has 2 N–H and O–H groups in total. The summed E-state index contributed by atoms with van der Waals surface area (Å²) in [5, 5.41) is 6.49. The molecule has 3 aromatic rings. The van der Waals surface area contributed by atoms with E-state index >= 15 is 0 Å². The van der Waals surface area contributed by atoms with Crippen molar-refractivity contribution in [1.82, 2.24) is 20.2 Å². The van der Waals surface area contributed by atoms with Crippen molar-refractivity contribution < 1.29 is 4.39 Å². The fourth-order valence-corrected chi connectivity index (χ4v) is 2.67. The fourth-order valence-electron chi connectivity index (χ4n) is 2.67. The van der Waals surface area contributed by atoms with Crippen LogP contribution in [0.5, 0.6) is 0 Å². The molecule has 6 heteroatoms. The van der Waals surface area contributed by atoms with Gasteiger partial charge in [0.15, 0.2) is 5.96 Å². The summed E-state index contributed by atoms with van der Waals surface area (Å²) >= 11 is 0. The summed E-state index contributed by atoms with van der Waals surface area (Å²) in [6, 6.07) is 13.4. The molecule has 0 unspecified atom stereocenters. The lowest BCUT2D eigenvalue weighted by atomic mass is 10.1. The molecule has 0 aliphatic rings. The average molecular weight is 351 g/mol. The number of rotatable bonds is 5. The maximum absolute atomic E-state index is 14.3. The van der Waals surface area contributed by atoms with Gasteiger partial charge in [-0.1, -0.05) is 30.3 Å². The maximum atomic E-state index is 14.3. The van der Waals surface area contributed by atoms with Crippen molar-refractivity contribution in [3.63, 3.8) is 0 Å². The van der Waals surface area contributed by atoms with Gasteiger partial charge in [0, 0.05) is 32.5 Å². The van der Waals surface area contributed by atoms with E-state index < -0.39 is 0 Å². The van der Waals surface area contributed by atoms with Crippen molar-refractivity contribution in [2.75, 3.05) is 7.05 Å². The van der Waals surface area contributed by atoms with Gasteiger partial charge in [0.25, 0.3) is 0 Å². The van der Waals surface area contributed by atoms with E-state index in [1.807, 2.05) is 18.2 Å². The third kappa shape index (κ3) is 4.27. The quantitative estimate of drug-likeness (QED) is 0.548. The van der Waals surface area contributed by atoms with E-state index in [1.165, 1.54) is 17.2 Å². The van der Waals surface area contributed by atoms with Crippen LogP contribution in [0.2, 0.25) is 0 Å². The first-order valence-corrected chi connectivity index (χ1v) is 8.43. The largest absolute Gasteiger partial charge is 0.352 e. The lowest BCUT2D eigenvalue weighted by Gasteiger charge is -2.14. The third-order valence-electron chi connectivity index (χ3n) is 4.19. The molecule has 0 bridgehead atoms. The highest BCUT2D eigenvalue weighted by atomic mass is 19.1. The molecule has 0 atom stereocenters. The summed E-state index contributed by atoms with van der Waals surface area (Å²) < 4.78 is 16.0. The van der Waals surface area contributed by atoms with Gasteiger partial charge in [-0.2, -0.15) is 0 Å². The molecule has 2 aromatic carbocycles. The molecule has 0 radical (unpaired) electrons. The number of hydrogen-bond donors (Lipinski definition) is 2. The zero-order chi connectivity index (χ0) is 18.4. The highest BCUT2D eigenvalue weighted by Gasteiger charge is 2.06. The average Bonchev–Trinajstić information content (AvgIpc) is 3.17. The van der Waals surface area contributed by atoms with E-state index in [0.29, 0.717) is 24.7 Å². The second kappa shape index (κ2) is 8.29. The molecule has 134 valence electrons. The second-order valence-corrected chi connectivity index (χ2v) is 5.96. The Morgan fingerprint density at radius 1 is 1.15 bits per heavy atom. The summed E-state index contributed by atoms with van der Waals surface area (Å²) in [6.07, 6.45) is 4.92. The van der Waals surface area contributed by atoms with Crippen molar-refractivity contribution in [3.05, 3.63) is 83.7 Å². The van der Waals surface area contributed by atoms with Crippen molar-refractivity contribution >= 4 is 5.96 Å². The number of halogens is 1. The highest BCUT2D eigenvalue weighted by Crippen LogP contribution is 2.15. The third-order valence-corrected chi connectivity index (χ3v) is 4.19. The van der Waals surface area contributed by atoms with Gasteiger partial charge in [-0.3, -0.25) is 4.99 Å². The molecule has 0 aliphatic heterocycles. The van der Waals surface area contributed by atoms with Crippen molar-refractivity contribution in [2.45, 2.75) is 20.0 Å². The van der Waals surface area contributed by atoms with Crippen LogP contribution in [0.3, 0.4) is 0 Å². The second-order valence-electron chi connectivity index (χ2n) is 5.96. The SMILES string of the molecule is CN=C(NCc1ccc(-n2ccnc2)c(F)c1)NCc1ccccc1C. The predicted octanol–water partition coefficient (Wildman–Crippen LogP) is 3.19. The van der Waals surface area contributed by atoms with Crippen LogP contribution < -0.4 is 10.6 Å². The number of imidazole rings is 1. The van der Waals surface area contributed by atoms with Gasteiger partial charge in [0.05, 0.1) is 12.0 Å². The Morgan fingerprint density at radius 3 is 2.65 bits per heavy atom. The Balaban J connectivity index is 1.59. The number of hydrogen-bond acceptors (Lipinski definition) is 2. The normalized spacial score (nSPS) is 11.4. The van der Waals surface area contributed by atoms with E-state index in [4.69, 9.17) is 0 Å². The van der Waals surface area contributed by atoms with Crippen molar-refractivity contribution in [1.29, 1.82) is 0 Å². The minimum absolute atomic E-state index is 0.287. The highest BCUT2D eigenvalue weighted by molar-refractivity contribution is 5.79. The molecule has 0 aliphatic carbocycles. The Hall–Kier alpha value is -3.15. The molecule has 26 heavy (non-hydrogen) atoms. The van der Waals surface area contributed by atoms with Crippen LogP contribution in [-0.4, -0.2) is 22.6 Å². The Kier molecular flexibility index (Phi) is 5.63. The first kappa shape index (κ1) is 17.7. The smallest absolute Gasteiger partial charge is 0.191 e. The van der Waals surface area contributed by atoms with E-state index in [1.54, 1.807) is 36.4 Å². The van der Waals surface area contributed by atoms with Crippen LogP contribution in [0.4, 0.5) is 4.39 Å². The number of aromatic nitrogens is 2. The number of guanidine groups is 1. The molecule has 0 fully saturated rings. The van der Waals surface area contributed by atoms with Gasteiger partial charge in [0.2, 0.25) is 0 Å². The van der Waals surface area contributed by atoms with Crippen LogP contribution in [0, 0.1) is 12.7 Å². The maximum Gasteiger partial charge on any atom is 0.191 e. The summed E-state index contributed by atoms with van der Waals surface area (Å²) in [4.78, 5) is 8.16. The molecule has 3 rings (SSSR count). The van der Waals surface area contributed by atoms with Gasteiger partial charge in [0.1, 0.15) is 5.82 Å². The van der Waals surface area contributed by atoms with Gasteiger partial charge < -0.3 is 15.2 Å². The van der Waals surface area contributed by atoms with Gasteiger partial charge in [-0.05, 0) is 35.7 Å². The Morgan fingerprint density at radius 2 is 1.96 bits per heavy atom. The molecular weight excluding hydrogens is 329 g/mol. The molecule has 0 spiro atoms. The number of nitrogens with zero attached hydrogens (tertiary/aromatic N) is 3. The van der Waals surface area contributed by atoms with Crippen molar-refractivity contribution in [2.24, 2.45) is 4.99 Å². The molecule has 1 aromatic heterocycles. The minimum atomic E-state index is -0.287. The lowest BCUT2D eigenvalue weighted by molar-refractivity contribution is 0.615. The van der Waals surface area contributed by atoms with Crippen LogP contribution >= 0.6 is 0 Å². The number of benzene rings is 2. The first-order chi connectivity index (χ1) is 12.7. The summed E-state index contributed by atoms with van der Waals surface area (Å²) in [5.41, 5.74) is 3.76. The Bertz CT molecular complexity index is 887. The van der Waals surface area contributed by atoms with E-state index in [9.17, 15) is 4.39 Å². The number of nitrogens with one attached hydrogen (secondary N) is 2. The topological polar surface area (TPSA) is 54.2 Å². The molecule has 0 saturated heterocycles. The van der Waals surface area contributed by atoms with E-state index in [-0.39, 0.29) is 5.82 Å². The first-order valence-electron chi connectivity index (χ1n) is 8.43.